The van der Waals surface area contributed by atoms with Gasteiger partial charge >= 0.3 is 0 Å². The second kappa shape index (κ2) is 11.0. The van der Waals surface area contributed by atoms with Gasteiger partial charge in [0, 0.05) is 41.6 Å². The van der Waals surface area contributed by atoms with Crippen LogP contribution < -0.4 is 10.3 Å². The van der Waals surface area contributed by atoms with Crippen molar-refractivity contribution in [1.82, 2.24) is 19.4 Å². The molecule has 0 amide bonds. The number of rotatable bonds is 7. The minimum Gasteiger partial charge on any atom is -0.485 e. The molecule has 39 heavy (non-hydrogen) atoms. The Labute approximate surface area is 226 Å². The minimum absolute atomic E-state index is 0.0452. The molecule has 2 aliphatic rings. The van der Waals surface area contributed by atoms with E-state index in [1.807, 2.05) is 55.5 Å². The average molecular weight is 527 g/mol. The Bertz CT molecular complexity index is 1600. The molecule has 7 nitrogen and oxygen atoms in total. The summed E-state index contributed by atoms with van der Waals surface area (Å²) in [6, 6.07) is 13.6. The first-order chi connectivity index (χ1) is 19.1. The maximum Gasteiger partial charge on any atom is 0.261 e. The van der Waals surface area contributed by atoms with Gasteiger partial charge in [-0.25, -0.2) is 9.37 Å². The molecular formula is C31H31FN4O3. The number of hydrogen-bond acceptors (Lipinski definition) is 6. The SMILES string of the molecule is Cc1nc2c(OCc3ccccc3)cccn2c(=O)c1CCN1CCC(c2noc3c2CC=CC(F)=C3)CC1. The van der Waals surface area contributed by atoms with E-state index >= 15 is 0 Å². The van der Waals surface area contributed by atoms with E-state index in [9.17, 15) is 9.18 Å². The van der Waals surface area contributed by atoms with Gasteiger partial charge in [-0.05, 0) is 69.5 Å². The van der Waals surface area contributed by atoms with E-state index in [-0.39, 0.29) is 11.4 Å². The third kappa shape index (κ3) is 5.29. The summed E-state index contributed by atoms with van der Waals surface area (Å²) in [5.41, 5.74) is 4.98. The summed E-state index contributed by atoms with van der Waals surface area (Å²) in [6.07, 6.45) is 9.64. The normalized spacial score (nSPS) is 16.2. The highest BCUT2D eigenvalue weighted by Gasteiger charge is 2.27. The maximum absolute atomic E-state index is 13.8. The lowest BCUT2D eigenvalue weighted by molar-refractivity contribution is 0.210. The summed E-state index contributed by atoms with van der Waals surface area (Å²) in [7, 11) is 0. The van der Waals surface area contributed by atoms with Gasteiger partial charge < -0.3 is 14.2 Å². The number of halogens is 1. The zero-order chi connectivity index (χ0) is 26.8. The van der Waals surface area contributed by atoms with Crippen molar-refractivity contribution >= 4 is 11.7 Å². The van der Waals surface area contributed by atoms with E-state index in [0.29, 0.717) is 42.5 Å². The lowest BCUT2D eigenvalue weighted by Crippen LogP contribution is -2.36. The topological polar surface area (TPSA) is 72.9 Å². The molecule has 3 aromatic heterocycles. The largest absolute Gasteiger partial charge is 0.485 e. The number of fused-ring (bicyclic) bond motifs is 2. The van der Waals surface area contributed by atoms with Crippen molar-refractivity contribution < 1.29 is 13.7 Å². The molecule has 0 bridgehead atoms. The number of likely N-dealkylation sites (tertiary alicyclic amines) is 1. The second-order valence-corrected chi connectivity index (χ2v) is 10.2. The van der Waals surface area contributed by atoms with Gasteiger partial charge in [-0.2, -0.15) is 0 Å². The van der Waals surface area contributed by atoms with Gasteiger partial charge in [0.05, 0.1) is 5.69 Å². The number of aryl methyl sites for hydroxylation is 1. The molecule has 6 rings (SSSR count). The molecule has 1 saturated heterocycles. The molecule has 4 aromatic rings. The Morgan fingerprint density at radius 1 is 1.13 bits per heavy atom. The molecule has 200 valence electrons. The van der Waals surface area contributed by atoms with Crippen molar-refractivity contribution in [1.29, 1.82) is 0 Å². The molecule has 8 heteroatoms. The predicted molar refractivity (Wildman–Crippen MR) is 148 cm³/mol. The Kier molecular flexibility index (Phi) is 7.11. The molecule has 0 N–H and O–H groups in total. The molecule has 1 fully saturated rings. The molecule has 0 spiro atoms. The molecule has 1 aliphatic carbocycles. The third-order valence-electron chi connectivity index (χ3n) is 7.73. The zero-order valence-electron chi connectivity index (χ0n) is 22.0. The monoisotopic (exact) mass is 526 g/mol. The fourth-order valence-electron chi connectivity index (χ4n) is 5.55. The van der Waals surface area contributed by atoms with Gasteiger partial charge in [-0.15, -0.1) is 0 Å². The third-order valence-corrected chi connectivity index (χ3v) is 7.73. The van der Waals surface area contributed by atoms with Crippen molar-refractivity contribution in [3.05, 3.63) is 111 Å². The highest BCUT2D eigenvalue weighted by molar-refractivity contribution is 5.56. The van der Waals surface area contributed by atoms with E-state index in [4.69, 9.17) is 14.2 Å². The van der Waals surface area contributed by atoms with E-state index in [0.717, 1.165) is 60.6 Å². The Balaban J connectivity index is 1.11. The predicted octanol–water partition coefficient (Wildman–Crippen LogP) is 5.41. The fraction of sp³-hybridized carbons (Fsp3) is 0.323. The molecule has 1 aromatic carbocycles. The van der Waals surface area contributed by atoms with Crippen LogP contribution in [0.2, 0.25) is 0 Å². The summed E-state index contributed by atoms with van der Waals surface area (Å²) >= 11 is 0. The van der Waals surface area contributed by atoms with Crippen LogP contribution >= 0.6 is 0 Å². The lowest BCUT2D eigenvalue weighted by Gasteiger charge is -2.31. The second-order valence-electron chi connectivity index (χ2n) is 10.2. The number of ether oxygens (including phenoxy) is 1. The van der Waals surface area contributed by atoms with Crippen LogP contribution in [-0.2, 0) is 19.4 Å². The number of benzene rings is 1. The van der Waals surface area contributed by atoms with Crippen LogP contribution in [0.3, 0.4) is 0 Å². The Morgan fingerprint density at radius 3 is 2.77 bits per heavy atom. The molecule has 4 heterocycles. The highest BCUT2D eigenvalue weighted by atomic mass is 19.1. The minimum atomic E-state index is -0.309. The van der Waals surface area contributed by atoms with Gasteiger partial charge in [0.1, 0.15) is 12.4 Å². The first kappa shape index (κ1) is 25.2. The van der Waals surface area contributed by atoms with Crippen molar-refractivity contribution in [2.75, 3.05) is 19.6 Å². The first-order valence-corrected chi connectivity index (χ1v) is 13.5. The van der Waals surface area contributed by atoms with Crippen LogP contribution in [0.5, 0.6) is 5.75 Å². The lowest BCUT2D eigenvalue weighted by atomic mass is 9.89. The average Bonchev–Trinajstić information content (AvgIpc) is 3.24. The molecule has 0 unspecified atom stereocenters. The van der Waals surface area contributed by atoms with Crippen LogP contribution in [-0.4, -0.2) is 39.1 Å². The van der Waals surface area contributed by atoms with Crippen LogP contribution in [0.4, 0.5) is 4.39 Å². The van der Waals surface area contributed by atoms with Crippen molar-refractivity contribution in [2.45, 2.75) is 45.1 Å². The number of nitrogens with zero attached hydrogens (tertiary/aromatic N) is 4. The van der Waals surface area contributed by atoms with E-state index in [2.05, 4.69) is 10.1 Å². The van der Waals surface area contributed by atoms with Crippen molar-refractivity contribution in [3.63, 3.8) is 0 Å². The van der Waals surface area contributed by atoms with Crippen LogP contribution in [0.1, 0.15) is 52.6 Å². The Morgan fingerprint density at radius 2 is 1.95 bits per heavy atom. The van der Waals surface area contributed by atoms with Crippen LogP contribution in [0.25, 0.3) is 11.7 Å². The highest BCUT2D eigenvalue weighted by Crippen LogP contribution is 2.33. The number of pyridine rings is 1. The smallest absolute Gasteiger partial charge is 0.261 e. The quantitative estimate of drug-likeness (QED) is 0.321. The number of hydrogen-bond donors (Lipinski definition) is 0. The van der Waals surface area contributed by atoms with Gasteiger partial charge in [0.15, 0.2) is 17.2 Å². The molecular weight excluding hydrogens is 495 g/mol. The van der Waals surface area contributed by atoms with Crippen LogP contribution in [0, 0.1) is 6.92 Å². The van der Waals surface area contributed by atoms with Crippen molar-refractivity contribution in [3.8, 4) is 5.75 Å². The summed E-state index contributed by atoms with van der Waals surface area (Å²) in [5, 5.41) is 4.30. The van der Waals surface area contributed by atoms with E-state index in [1.54, 1.807) is 10.6 Å². The summed E-state index contributed by atoms with van der Waals surface area (Å²) in [6.45, 7) is 4.91. The standard InChI is InChI=1S/C31H31FN4O3/c1-21-25(31(37)36-15-6-11-27(30(36)33-21)38-20-22-7-3-2-4-8-22)14-18-35-16-12-23(13-17-35)29-26-10-5-9-24(32)19-28(26)39-34-29/h2-9,11,15,19,23H,10,12-14,16-18,20H2,1H3. The summed E-state index contributed by atoms with van der Waals surface area (Å²) in [5.74, 6) is 1.11. The van der Waals surface area contributed by atoms with Crippen LogP contribution in [0.15, 0.2) is 76.0 Å². The zero-order valence-corrected chi connectivity index (χ0v) is 22.0. The number of allylic oxidation sites excluding steroid dienone is 3. The van der Waals surface area contributed by atoms with Gasteiger partial charge in [-0.3, -0.25) is 9.20 Å². The maximum atomic E-state index is 13.8. The van der Waals surface area contributed by atoms with Crippen molar-refractivity contribution in [2.24, 2.45) is 0 Å². The molecule has 0 radical (unpaired) electrons. The number of piperidine rings is 1. The van der Waals surface area contributed by atoms with E-state index < -0.39 is 0 Å². The van der Waals surface area contributed by atoms with Gasteiger partial charge in [0.25, 0.3) is 5.56 Å². The van der Waals surface area contributed by atoms with Gasteiger partial charge in [0.2, 0.25) is 0 Å². The summed E-state index contributed by atoms with van der Waals surface area (Å²) < 4.78 is 26.8. The van der Waals surface area contributed by atoms with Gasteiger partial charge in [-0.1, -0.05) is 41.6 Å². The van der Waals surface area contributed by atoms with E-state index in [1.165, 1.54) is 12.2 Å². The molecule has 0 atom stereocenters. The fourth-order valence-corrected chi connectivity index (χ4v) is 5.55. The Hall–Kier alpha value is -4.04. The summed E-state index contributed by atoms with van der Waals surface area (Å²) in [4.78, 5) is 20.6. The molecule has 1 aliphatic heterocycles. The number of aromatic nitrogens is 3. The molecule has 0 saturated carbocycles. The first-order valence-electron chi connectivity index (χ1n) is 13.5.